The molecule has 0 radical (unpaired) electrons. The summed E-state index contributed by atoms with van der Waals surface area (Å²) in [6.45, 7) is 12.8. The molecule has 0 bridgehead atoms. The van der Waals surface area contributed by atoms with Crippen LogP contribution in [0, 0.1) is 18.3 Å². The van der Waals surface area contributed by atoms with E-state index in [-0.39, 0.29) is 24.0 Å². The van der Waals surface area contributed by atoms with Crippen LogP contribution in [0.4, 0.5) is 0 Å². The summed E-state index contributed by atoms with van der Waals surface area (Å²) in [5, 5.41) is 6.78. The Hall–Kier alpha value is -1.02. The highest BCUT2D eigenvalue weighted by Crippen LogP contribution is 2.22. The Morgan fingerprint density at radius 1 is 1.30 bits per heavy atom. The lowest BCUT2D eigenvalue weighted by molar-refractivity contribution is 0.166. The first kappa shape index (κ1) is 24.0. The molecule has 0 aliphatic carbocycles. The second kappa shape index (κ2) is 11.7. The molecule has 2 N–H and O–H groups in total. The summed E-state index contributed by atoms with van der Waals surface area (Å²) in [5.41, 5.74) is 2.67. The zero-order chi connectivity index (χ0) is 19.0. The number of halogens is 1. The molecule has 1 aliphatic heterocycles. The van der Waals surface area contributed by atoms with Gasteiger partial charge in [-0.05, 0) is 36.8 Å². The molecule has 0 amide bonds. The summed E-state index contributed by atoms with van der Waals surface area (Å²) in [6.07, 6.45) is 2.18. The summed E-state index contributed by atoms with van der Waals surface area (Å²) in [5.74, 6) is 2.28. The van der Waals surface area contributed by atoms with Crippen LogP contribution in [0.25, 0.3) is 0 Å². The van der Waals surface area contributed by atoms with E-state index >= 15 is 0 Å². The lowest BCUT2D eigenvalue weighted by Gasteiger charge is -2.20. The van der Waals surface area contributed by atoms with Crippen molar-refractivity contribution in [1.29, 1.82) is 0 Å². The van der Waals surface area contributed by atoms with Gasteiger partial charge in [-0.2, -0.15) is 0 Å². The highest BCUT2D eigenvalue weighted by atomic mass is 127. The number of hydrogen-bond donors (Lipinski definition) is 2. The van der Waals surface area contributed by atoms with E-state index in [4.69, 9.17) is 9.47 Å². The van der Waals surface area contributed by atoms with Crippen LogP contribution in [0.2, 0.25) is 0 Å². The number of benzene rings is 1. The Morgan fingerprint density at radius 3 is 2.70 bits per heavy atom. The third-order valence-corrected chi connectivity index (χ3v) is 4.56. The summed E-state index contributed by atoms with van der Waals surface area (Å²) in [7, 11) is 1.80. The molecule has 1 atom stereocenters. The Morgan fingerprint density at radius 2 is 2.07 bits per heavy atom. The lowest BCUT2D eigenvalue weighted by atomic mass is 9.92. The fraction of sp³-hybridized carbons (Fsp3) is 0.667. The average Bonchev–Trinajstić information content (AvgIpc) is 3.09. The van der Waals surface area contributed by atoms with Gasteiger partial charge in [0.25, 0.3) is 0 Å². The molecule has 27 heavy (non-hydrogen) atoms. The fourth-order valence-corrected chi connectivity index (χ4v) is 2.82. The molecule has 1 aromatic rings. The minimum absolute atomic E-state index is 0. The van der Waals surface area contributed by atoms with Gasteiger partial charge < -0.3 is 20.1 Å². The van der Waals surface area contributed by atoms with Crippen LogP contribution in [0.5, 0.6) is 5.75 Å². The zero-order valence-corrected chi connectivity index (χ0v) is 19.8. The van der Waals surface area contributed by atoms with Crippen molar-refractivity contribution >= 4 is 29.9 Å². The van der Waals surface area contributed by atoms with Crippen molar-refractivity contribution in [2.75, 3.05) is 33.4 Å². The average molecular weight is 489 g/mol. The van der Waals surface area contributed by atoms with E-state index in [1.54, 1.807) is 7.05 Å². The first-order valence-electron chi connectivity index (χ1n) is 9.62. The topological polar surface area (TPSA) is 54.9 Å². The molecule has 1 saturated heterocycles. The van der Waals surface area contributed by atoms with Crippen molar-refractivity contribution in [2.45, 2.75) is 47.1 Å². The predicted molar refractivity (Wildman–Crippen MR) is 123 cm³/mol. The first-order chi connectivity index (χ1) is 12.4. The molecule has 1 heterocycles. The van der Waals surface area contributed by atoms with Crippen LogP contribution in [-0.2, 0) is 11.3 Å². The molecule has 0 saturated carbocycles. The van der Waals surface area contributed by atoms with E-state index in [0.29, 0.717) is 17.9 Å². The minimum atomic E-state index is 0. The van der Waals surface area contributed by atoms with E-state index in [1.807, 2.05) is 0 Å². The van der Waals surface area contributed by atoms with Gasteiger partial charge in [0.2, 0.25) is 0 Å². The molecular formula is C21H36IN3O2. The maximum absolute atomic E-state index is 6.11. The second-order valence-corrected chi connectivity index (χ2v) is 8.32. The van der Waals surface area contributed by atoms with Gasteiger partial charge in [-0.15, -0.1) is 24.0 Å². The molecule has 0 spiro atoms. The van der Waals surface area contributed by atoms with Crippen molar-refractivity contribution in [1.82, 2.24) is 10.6 Å². The summed E-state index contributed by atoms with van der Waals surface area (Å²) in [4.78, 5) is 4.32. The molecule has 1 aromatic carbocycles. The van der Waals surface area contributed by atoms with Crippen LogP contribution in [0.1, 0.15) is 44.7 Å². The molecule has 154 valence electrons. The number of aryl methyl sites for hydroxylation is 1. The Bertz CT molecular complexity index is 594. The SMILES string of the molecule is CN=C(NCCC(C)(C)C)NCc1ccc(C)cc1OCC1CCOC1.I. The van der Waals surface area contributed by atoms with Gasteiger partial charge in [-0.25, -0.2) is 0 Å². The number of ether oxygens (including phenoxy) is 2. The van der Waals surface area contributed by atoms with E-state index in [0.717, 1.165) is 56.5 Å². The maximum atomic E-state index is 6.11. The van der Waals surface area contributed by atoms with Gasteiger partial charge in [0, 0.05) is 38.2 Å². The van der Waals surface area contributed by atoms with E-state index in [9.17, 15) is 0 Å². The molecule has 0 aromatic heterocycles. The standard InChI is InChI=1S/C21H35N3O2.HI/c1-16-6-7-18(19(12-16)26-15-17-8-11-25-14-17)13-24-20(22-5)23-10-9-21(2,3)4;/h6-7,12,17H,8-11,13-15H2,1-5H3,(H2,22,23,24);1H. The van der Waals surface area contributed by atoms with Crippen molar-refractivity contribution in [3.8, 4) is 5.75 Å². The highest BCUT2D eigenvalue weighted by Gasteiger charge is 2.17. The number of hydrogen-bond acceptors (Lipinski definition) is 3. The molecule has 1 aliphatic rings. The van der Waals surface area contributed by atoms with Crippen LogP contribution in [-0.4, -0.2) is 39.4 Å². The highest BCUT2D eigenvalue weighted by molar-refractivity contribution is 14.0. The summed E-state index contributed by atoms with van der Waals surface area (Å²) in [6, 6.07) is 6.37. The lowest BCUT2D eigenvalue weighted by Crippen LogP contribution is -2.38. The molecule has 2 rings (SSSR count). The molecule has 1 fully saturated rings. The monoisotopic (exact) mass is 489 g/mol. The zero-order valence-electron chi connectivity index (χ0n) is 17.4. The molecule has 1 unspecified atom stereocenters. The normalized spacial score (nSPS) is 17.4. The minimum Gasteiger partial charge on any atom is -0.493 e. The smallest absolute Gasteiger partial charge is 0.191 e. The van der Waals surface area contributed by atoms with Crippen LogP contribution in [0.3, 0.4) is 0 Å². The van der Waals surface area contributed by atoms with Crippen molar-refractivity contribution < 1.29 is 9.47 Å². The van der Waals surface area contributed by atoms with E-state index < -0.39 is 0 Å². The summed E-state index contributed by atoms with van der Waals surface area (Å²) >= 11 is 0. The Balaban J connectivity index is 0.00000364. The number of aliphatic imine (C=N–C) groups is 1. The summed E-state index contributed by atoms with van der Waals surface area (Å²) < 4.78 is 11.6. The predicted octanol–water partition coefficient (Wildman–Crippen LogP) is 4.13. The third kappa shape index (κ3) is 9.14. The largest absolute Gasteiger partial charge is 0.493 e. The van der Waals surface area contributed by atoms with Crippen LogP contribution < -0.4 is 15.4 Å². The van der Waals surface area contributed by atoms with E-state index in [1.165, 1.54) is 5.56 Å². The van der Waals surface area contributed by atoms with Crippen molar-refractivity contribution in [3.63, 3.8) is 0 Å². The van der Waals surface area contributed by atoms with Gasteiger partial charge in [0.1, 0.15) is 5.75 Å². The number of nitrogens with zero attached hydrogens (tertiary/aromatic N) is 1. The first-order valence-corrected chi connectivity index (χ1v) is 9.62. The van der Waals surface area contributed by atoms with Gasteiger partial charge in [-0.1, -0.05) is 32.9 Å². The number of nitrogens with one attached hydrogen (secondary N) is 2. The number of guanidine groups is 1. The van der Waals surface area contributed by atoms with Crippen molar-refractivity contribution in [2.24, 2.45) is 16.3 Å². The van der Waals surface area contributed by atoms with Crippen LogP contribution in [0.15, 0.2) is 23.2 Å². The Labute approximate surface area is 181 Å². The van der Waals surface area contributed by atoms with Gasteiger partial charge in [0.05, 0.1) is 13.2 Å². The second-order valence-electron chi connectivity index (χ2n) is 8.32. The van der Waals surface area contributed by atoms with Gasteiger partial charge in [0.15, 0.2) is 5.96 Å². The van der Waals surface area contributed by atoms with Crippen LogP contribution >= 0.6 is 24.0 Å². The van der Waals surface area contributed by atoms with Crippen molar-refractivity contribution in [3.05, 3.63) is 29.3 Å². The molecule has 6 heteroatoms. The third-order valence-electron chi connectivity index (χ3n) is 4.56. The van der Waals surface area contributed by atoms with Gasteiger partial charge >= 0.3 is 0 Å². The molecular weight excluding hydrogens is 453 g/mol. The molecule has 5 nitrogen and oxygen atoms in total. The van der Waals surface area contributed by atoms with Gasteiger partial charge in [-0.3, -0.25) is 4.99 Å². The van der Waals surface area contributed by atoms with E-state index in [2.05, 4.69) is 61.5 Å². The quantitative estimate of drug-likeness (QED) is 0.344. The fourth-order valence-electron chi connectivity index (χ4n) is 2.82. The number of rotatable bonds is 7. The maximum Gasteiger partial charge on any atom is 0.191 e. The Kier molecular flexibility index (Phi) is 10.4.